The van der Waals surface area contributed by atoms with Gasteiger partial charge in [-0.3, -0.25) is 0 Å². The maximum atomic E-state index is 5.09. The summed E-state index contributed by atoms with van der Waals surface area (Å²) in [6.45, 7) is 2.19. The molecular weight excluding hydrogens is 553 g/mol. The topological polar surface area (TPSA) is 25.8 Å². The van der Waals surface area contributed by atoms with Gasteiger partial charge in [0.05, 0.1) is 11.4 Å². The third kappa shape index (κ3) is 4.96. The molecule has 0 unspecified atom stereocenters. The predicted octanol–water partition coefficient (Wildman–Crippen LogP) is 11.6. The van der Waals surface area contributed by atoms with Gasteiger partial charge in [0.25, 0.3) is 0 Å². The van der Waals surface area contributed by atoms with Crippen molar-refractivity contribution in [2.75, 3.05) is 0 Å². The molecular formula is C41H30N2S. The molecule has 0 amide bonds. The van der Waals surface area contributed by atoms with Crippen LogP contribution < -0.4 is 0 Å². The summed E-state index contributed by atoms with van der Waals surface area (Å²) >= 11 is 1.86. The van der Waals surface area contributed by atoms with Gasteiger partial charge in [-0.2, -0.15) is 0 Å². The van der Waals surface area contributed by atoms with Gasteiger partial charge in [0.15, 0.2) is 5.82 Å². The van der Waals surface area contributed by atoms with Crippen LogP contribution in [0.2, 0.25) is 0 Å². The number of rotatable bonds is 5. The van der Waals surface area contributed by atoms with Crippen LogP contribution in [0.25, 0.3) is 70.5 Å². The Morgan fingerprint density at radius 3 is 2.14 bits per heavy atom. The molecule has 0 saturated heterocycles. The van der Waals surface area contributed by atoms with Crippen LogP contribution in [0.4, 0.5) is 0 Å². The molecule has 0 saturated carbocycles. The van der Waals surface area contributed by atoms with Gasteiger partial charge in [-0.25, -0.2) is 9.97 Å². The van der Waals surface area contributed by atoms with Gasteiger partial charge < -0.3 is 0 Å². The van der Waals surface area contributed by atoms with Crippen LogP contribution in [-0.4, -0.2) is 9.97 Å². The van der Waals surface area contributed by atoms with Crippen LogP contribution in [-0.2, 0) is 0 Å². The minimum atomic E-state index is 0.775. The van der Waals surface area contributed by atoms with E-state index < -0.39 is 0 Å². The first kappa shape index (κ1) is 26.5. The van der Waals surface area contributed by atoms with Crippen molar-refractivity contribution in [2.45, 2.75) is 19.8 Å². The highest BCUT2D eigenvalue weighted by atomic mass is 32.1. The van der Waals surface area contributed by atoms with E-state index >= 15 is 0 Å². The Morgan fingerprint density at radius 2 is 1.27 bits per heavy atom. The molecule has 0 spiro atoms. The number of fused-ring (bicyclic) bond motifs is 3. The molecule has 8 rings (SSSR count). The summed E-state index contributed by atoms with van der Waals surface area (Å²) in [4.78, 5) is 10.1. The lowest BCUT2D eigenvalue weighted by atomic mass is 9.93. The lowest BCUT2D eigenvalue weighted by molar-refractivity contribution is 1.03. The number of hydrogen-bond acceptors (Lipinski definition) is 3. The van der Waals surface area contributed by atoms with Crippen molar-refractivity contribution in [2.24, 2.45) is 0 Å². The maximum Gasteiger partial charge on any atom is 0.160 e. The smallest absolute Gasteiger partial charge is 0.160 e. The van der Waals surface area contributed by atoms with Crippen LogP contribution >= 0.6 is 11.3 Å². The van der Waals surface area contributed by atoms with Gasteiger partial charge in [-0.05, 0) is 84.0 Å². The second-order valence-electron chi connectivity index (χ2n) is 11.4. The Labute approximate surface area is 261 Å². The number of benzene rings is 5. The maximum absolute atomic E-state index is 5.09. The SMILES string of the molecule is Cc1ccc(-c2ccc3sc4ccccc4c3c2)cc1-c1cccc(-c2cc(-c3ccccc3)nc(C3=CCCC=C3)n2)c1. The van der Waals surface area contributed by atoms with E-state index in [9.17, 15) is 0 Å². The molecule has 44 heavy (non-hydrogen) atoms. The molecule has 0 atom stereocenters. The third-order valence-corrected chi connectivity index (χ3v) is 9.62. The molecule has 0 fully saturated rings. The fourth-order valence-electron chi connectivity index (χ4n) is 6.12. The Kier molecular flexibility index (Phi) is 6.74. The second kappa shape index (κ2) is 11.2. The molecule has 1 aliphatic rings. The van der Waals surface area contributed by atoms with Crippen LogP contribution in [0.15, 0.2) is 140 Å². The van der Waals surface area contributed by atoms with E-state index in [1.807, 2.05) is 17.4 Å². The first-order valence-electron chi connectivity index (χ1n) is 15.1. The zero-order valence-corrected chi connectivity index (χ0v) is 25.3. The molecule has 3 heteroatoms. The van der Waals surface area contributed by atoms with Crippen molar-refractivity contribution in [3.8, 4) is 44.8 Å². The van der Waals surface area contributed by atoms with E-state index in [2.05, 4.69) is 140 Å². The quantitative estimate of drug-likeness (QED) is 0.202. The molecule has 2 aromatic heterocycles. The van der Waals surface area contributed by atoms with Crippen LogP contribution in [0.1, 0.15) is 24.2 Å². The van der Waals surface area contributed by atoms with Crippen molar-refractivity contribution < 1.29 is 0 Å². The fraction of sp³-hybridized carbons (Fsp3) is 0.0732. The number of aromatic nitrogens is 2. The summed E-state index contributed by atoms with van der Waals surface area (Å²) in [6, 6.07) is 43.7. The first-order valence-corrected chi connectivity index (χ1v) is 16.0. The highest BCUT2D eigenvalue weighted by molar-refractivity contribution is 7.25. The van der Waals surface area contributed by atoms with Crippen molar-refractivity contribution in [1.82, 2.24) is 9.97 Å². The van der Waals surface area contributed by atoms with Crippen LogP contribution in [0.5, 0.6) is 0 Å². The summed E-state index contributed by atoms with van der Waals surface area (Å²) in [5.41, 5.74) is 11.2. The van der Waals surface area contributed by atoms with E-state index in [0.717, 1.165) is 46.8 Å². The van der Waals surface area contributed by atoms with E-state index in [4.69, 9.17) is 9.97 Å². The normalized spacial score (nSPS) is 13.0. The number of hydrogen-bond donors (Lipinski definition) is 0. The molecule has 5 aromatic carbocycles. The fourth-order valence-corrected chi connectivity index (χ4v) is 7.21. The van der Waals surface area contributed by atoms with Crippen LogP contribution in [0, 0.1) is 6.92 Å². The molecule has 210 valence electrons. The summed E-state index contributed by atoms with van der Waals surface area (Å²) in [5, 5.41) is 2.65. The van der Waals surface area contributed by atoms with E-state index in [0.29, 0.717) is 0 Å². The highest BCUT2D eigenvalue weighted by Crippen LogP contribution is 2.38. The minimum Gasteiger partial charge on any atom is -0.228 e. The number of nitrogens with zero attached hydrogens (tertiary/aromatic N) is 2. The molecule has 7 aromatic rings. The third-order valence-electron chi connectivity index (χ3n) is 8.47. The monoisotopic (exact) mass is 582 g/mol. The zero-order chi connectivity index (χ0) is 29.5. The number of thiophene rings is 1. The minimum absolute atomic E-state index is 0.775. The van der Waals surface area contributed by atoms with Crippen LogP contribution in [0.3, 0.4) is 0 Å². The Morgan fingerprint density at radius 1 is 0.545 bits per heavy atom. The van der Waals surface area contributed by atoms with Gasteiger partial charge in [-0.1, -0.05) is 103 Å². The van der Waals surface area contributed by atoms with E-state index in [-0.39, 0.29) is 0 Å². The summed E-state index contributed by atoms with van der Waals surface area (Å²) in [6.07, 6.45) is 8.69. The Bertz CT molecular complexity index is 2240. The summed E-state index contributed by atoms with van der Waals surface area (Å²) < 4.78 is 2.66. The predicted molar refractivity (Wildman–Crippen MR) is 188 cm³/mol. The summed E-state index contributed by atoms with van der Waals surface area (Å²) in [7, 11) is 0. The second-order valence-corrected chi connectivity index (χ2v) is 12.5. The van der Waals surface area contributed by atoms with Crippen molar-refractivity contribution in [1.29, 1.82) is 0 Å². The van der Waals surface area contributed by atoms with Gasteiger partial charge in [-0.15, -0.1) is 11.3 Å². The Balaban J connectivity index is 1.22. The average molecular weight is 583 g/mol. The zero-order valence-electron chi connectivity index (χ0n) is 24.5. The largest absolute Gasteiger partial charge is 0.228 e. The Hall–Kier alpha value is -5.12. The standard InChI is InChI=1S/C41H30N2S/c1-27-19-20-30(31-21-22-40-36(25-31)34-17-8-9-18-39(34)44-40)24-35(27)32-15-10-16-33(23-32)38-26-37(28-11-4-2-5-12-28)42-41(43-38)29-13-6-3-7-14-29/h2,4-6,8-26H,3,7H2,1H3. The molecule has 2 heterocycles. The molecule has 0 radical (unpaired) electrons. The van der Waals surface area contributed by atoms with Crippen molar-refractivity contribution in [3.63, 3.8) is 0 Å². The van der Waals surface area contributed by atoms with Crippen molar-refractivity contribution in [3.05, 3.63) is 151 Å². The lowest BCUT2D eigenvalue weighted by Gasteiger charge is -2.13. The lowest BCUT2D eigenvalue weighted by Crippen LogP contribution is -1.99. The summed E-state index contributed by atoms with van der Waals surface area (Å²) in [5.74, 6) is 0.775. The number of allylic oxidation sites excluding steroid dienone is 4. The highest BCUT2D eigenvalue weighted by Gasteiger charge is 2.14. The first-order chi connectivity index (χ1) is 21.7. The molecule has 1 aliphatic carbocycles. The van der Waals surface area contributed by atoms with Gasteiger partial charge in [0, 0.05) is 36.9 Å². The average Bonchev–Trinajstić information content (AvgIpc) is 3.47. The number of aryl methyl sites for hydroxylation is 1. The van der Waals surface area contributed by atoms with Gasteiger partial charge in [0.1, 0.15) is 0 Å². The van der Waals surface area contributed by atoms with Gasteiger partial charge >= 0.3 is 0 Å². The molecule has 0 aliphatic heterocycles. The molecule has 2 nitrogen and oxygen atoms in total. The van der Waals surface area contributed by atoms with E-state index in [1.165, 1.54) is 48.0 Å². The van der Waals surface area contributed by atoms with Crippen molar-refractivity contribution >= 4 is 37.1 Å². The molecule has 0 N–H and O–H groups in total. The van der Waals surface area contributed by atoms with Gasteiger partial charge in [0.2, 0.25) is 0 Å². The molecule has 0 bridgehead atoms. The van der Waals surface area contributed by atoms with E-state index in [1.54, 1.807) is 0 Å².